The van der Waals surface area contributed by atoms with Crippen molar-refractivity contribution in [2.45, 2.75) is 19.3 Å². The zero-order valence-electron chi connectivity index (χ0n) is 11.1. The number of thiophene rings is 1. The number of carbonyl (C=O) groups is 1. The van der Waals surface area contributed by atoms with E-state index in [2.05, 4.69) is 4.90 Å². The first-order valence-electron chi connectivity index (χ1n) is 6.75. The highest BCUT2D eigenvalue weighted by atomic mass is 32.2. The highest BCUT2D eigenvalue weighted by Gasteiger charge is 2.33. The molecule has 3 rings (SSSR count). The van der Waals surface area contributed by atoms with Crippen LogP contribution in [0, 0.1) is 0 Å². The van der Waals surface area contributed by atoms with Crippen LogP contribution in [0.2, 0.25) is 0 Å². The lowest BCUT2D eigenvalue weighted by molar-refractivity contribution is -0.123. The molecule has 2 aliphatic rings. The molecular weight excluding hydrogens is 308 g/mol. The van der Waals surface area contributed by atoms with E-state index in [9.17, 15) is 4.79 Å². The Balaban J connectivity index is 1.70. The van der Waals surface area contributed by atoms with Crippen LogP contribution in [-0.2, 0) is 4.79 Å². The van der Waals surface area contributed by atoms with Gasteiger partial charge in [0, 0.05) is 4.88 Å². The summed E-state index contributed by atoms with van der Waals surface area (Å²) in [6, 6.07) is 4.01. The Labute approximate surface area is 132 Å². The number of rotatable bonds is 3. The molecule has 0 radical (unpaired) electrons. The van der Waals surface area contributed by atoms with E-state index in [1.807, 2.05) is 23.6 Å². The average Bonchev–Trinajstić information content (AvgIpc) is 3.05. The minimum Gasteiger partial charge on any atom is -0.286 e. The number of carbonyl (C=O) groups excluding carboxylic acids is 1. The first-order chi connectivity index (χ1) is 9.74. The molecule has 0 aromatic carbocycles. The first-order valence-corrected chi connectivity index (χ1v) is 8.86. The molecule has 3 nitrogen and oxygen atoms in total. The molecule has 1 aromatic rings. The van der Waals surface area contributed by atoms with Crippen LogP contribution in [-0.4, -0.2) is 39.8 Å². The van der Waals surface area contributed by atoms with Crippen LogP contribution < -0.4 is 0 Å². The number of likely N-dealkylation sites (tertiary alicyclic amines) is 1. The molecule has 1 aromatic heterocycles. The van der Waals surface area contributed by atoms with Crippen LogP contribution >= 0.6 is 35.3 Å². The maximum absolute atomic E-state index is 12.4. The standard InChI is InChI=1S/C14H16N2OS3/c17-13-12(9-11-5-4-8-19-11)20-14(18)16(13)10-15-6-2-1-3-7-15/h4-5,8-9H,1-3,6-7,10H2/b12-9+. The van der Waals surface area contributed by atoms with Gasteiger partial charge in [-0.25, -0.2) is 0 Å². The molecule has 6 heteroatoms. The fourth-order valence-electron chi connectivity index (χ4n) is 2.43. The van der Waals surface area contributed by atoms with Gasteiger partial charge in [-0.1, -0.05) is 36.5 Å². The summed E-state index contributed by atoms with van der Waals surface area (Å²) in [5.74, 6) is 0.0546. The fraction of sp³-hybridized carbons (Fsp3) is 0.429. The number of hydrogen-bond donors (Lipinski definition) is 0. The lowest BCUT2D eigenvalue weighted by Gasteiger charge is -2.29. The van der Waals surface area contributed by atoms with Gasteiger partial charge in [-0.3, -0.25) is 14.6 Å². The van der Waals surface area contributed by atoms with Gasteiger partial charge in [0.2, 0.25) is 0 Å². The lowest BCUT2D eigenvalue weighted by atomic mass is 10.1. The van der Waals surface area contributed by atoms with Crippen LogP contribution in [0.3, 0.4) is 0 Å². The van der Waals surface area contributed by atoms with E-state index in [-0.39, 0.29) is 5.91 Å². The van der Waals surface area contributed by atoms with Crippen molar-refractivity contribution in [3.63, 3.8) is 0 Å². The molecule has 2 aliphatic heterocycles. The van der Waals surface area contributed by atoms with Crippen molar-refractivity contribution in [3.05, 3.63) is 27.3 Å². The van der Waals surface area contributed by atoms with Gasteiger partial charge in [-0.05, 0) is 43.5 Å². The molecule has 0 saturated carbocycles. The maximum Gasteiger partial charge on any atom is 0.267 e. The molecule has 2 saturated heterocycles. The van der Waals surface area contributed by atoms with E-state index in [0.717, 1.165) is 22.9 Å². The Morgan fingerprint density at radius 3 is 2.80 bits per heavy atom. The molecular formula is C14H16N2OS3. The summed E-state index contributed by atoms with van der Waals surface area (Å²) >= 11 is 8.42. The van der Waals surface area contributed by atoms with E-state index in [4.69, 9.17) is 12.2 Å². The second-order valence-electron chi connectivity index (χ2n) is 4.95. The Morgan fingerprint density at radius 1 is 1.30 bits per heavy atom. The molecule has 106 valence electrons. The largest absolute Gasteiger partial charge is 0.286 e. The Hall–Kier alpha value is -0.690. The second-order valence-corrected chi connectivity index (χ2v) is 7.60. The summed E-state index contributed by atoms with van der Waals surface area (Å²) in [5.41, 5.74) is 0. The molecule has 0 aliphatic carbocycles. The summed E-state index contributed by atoms with van der Waals surface area (Å²) in [5, 5.41) is 2.01. The van der Waals surface area contributed by atoms with Crippen LogP contribution in [0.15, 0.2) is 22.4 Å². The molecule has 0 atom stereocenters. The summed E-state index contributed by atoms with van der Waals surface area (Å²) in [6.07, 6.45) is 5.69. The Bertz CT molecular complexity index is 533. The van der Waals surface area contributed by atoms with Gasteiger partial charge in [0.15, 0.2) is 0 Å². The number of nitrogens with zero attached hydrogens (tertiary/aromatic N) is 2. The number of thioether (sulfide) groups is 1. The highest BCUT2D eigenvalue weighted by molar-refractivity contribution is 8.26. The van der Waals surface area contributed by atoms with E-state index in [1.165, 1.54) is 31.0 Å². The molecule has 0 bridgehead atoms. The van der Waals surface area contributed by atoms with Crippen LogP contribution in [0.5, 0.6) is 0 Å². The van der Waals surface area contributed by atoms with Crippen molar-refractivity contribution in [3.8, 4) is 0 Å². The molecule has 0 spiro atoms. The predicted molar refractivity (Wildman–Crippen MR) is 89.6 cm³/mol. The normalized spacial score (nSPS) is 23.0. The number of hydrogen-bond acceptors (Lipinski definition) is 5. The molecule has 0 N–H and O–H groups in total. The van der Waals surface area contributed by atoms with E-state index >= 15 is 0 Å². The summed E-state index contributed by atoms with van der Waals surface area (Å²) in [7, 11) is 0. The number of amides is 1. The number of piperidine rings is 1. The topological polar surface area (TPSA) is 23.6 Å². The van der Waals surface area contributed by atoms with Gasteiger partial charge in [0.05, 0.1) is 11.6 Å². The number of thiocarbonyl (C=S) groups is 1. The SMILES string of the molecule is O=C1/C(=C\c2cccs2)SC(=S)N1CN1CCCCC1. The summed E-state index contributed by atoms with van der Waals surface area (Å²) in [6.45, 7) is 2.79. The lowest BCUT2D eigenvalue weighted by Crippen LogP contribution is -2.42. The second kappa shape index (κ2) is 6.39. The predicted octanol–water partition coefficient (Wildman–Crippen LogP) is 3.39. The maximum atomic E-state index is 12.4. The fourth-order valence-corrected chi connectivity index (χ4v) is 4.39. The van der Waals surface area contributed by atoms with E-state index in [0.29, 0.717) is 11.0 Å². The Morgan fingerprint density at radius 2 is 2.10 bits per heavy atom. The van der Waals surface area contributed by atoms with Crippen molar-refractivity contribution in [2.75, 3.05) is 19.8 Å². The van der Waals surface area contributed by atoms with Crippen molar-refractivity contribution >= 4 is 51.6 Å². The van der Waals surface area contributed by atoms with Gasteiger partial charge in [0.25, 0.3) is 5.91 Å². The third kappa shape index (κ3) is 3.14. The minimum absolute atomic E-state index is 0.0546. The van der Waals surface area contributed by atoms with Gasteiger partial charge in [0.1, 0.15) is 4.32 Å². The van der Waals surface area contributed by atoms with Crippen molar-refractivity contribution < 1.29 is 4.79 Å². The van der Waals surface area contributed by atoms with Crippen molar-refractivity contribution in [1.29, 1.82) is 0 Å². The van der Waals surface area contributed by atoms with Gasteiger partial charge < -0.3 is 0 Å². The third-order valence-electron chi connectivity index (χ3n) is 3.48. The minimum atomic E-state index is 0.0546. The summed E-state index contributed by atoms with van der Waals surface area (Å²) < 4.78 is 0.684. The summed E-state index contributed by atoms with van der Waals surface area (Å²) in [4.78, 5) is 18.4. The monoisotopic (exact) mass is 324 g/mol. The van der Waals surface area contributed by atoms with Gasteiger partial charge in [-0.2, -0.15) is 0 Å². The molecule has 3 heterocycles. The average molecular weight is 324 g/mol. The highest BCUT2D eigenvalue weighted by Crippen LogP contribution is 2.33. The zero-order valence-corrected chi connectivity index (χ0v) is 13.5. The zero-order chi connectivity index (χ0) is 13.9. The third-order valence-corrected chi connectivity index (χ3v) is 5.68. The van der Waals surface area contributed by atoms with Gasteiger partial charge in [-0.15, -0.1) is 11.3 Å². The van der Waals surface area contributed by atoms with Gasteiger partial charge >= 0.3 is 0 Å². The molecule has 1 amide bonds. The smallest absolute Gasteiger partial charge is 0.267 e. The van der Waals surface area contributed by atoms with E-state index < -0.39 is 0 Å². The van der Waals surface area contributed by atoms with Crippen molar-refractivity contribution in [1.82, 2.24) is 9.80 Å². The molecule has 20 heavy (non-hydrogen) atoms. The van der Waals surface area contributed by atoms with Crippen molar-refractivity contribution in [2.24, 2.45) is 0 Å². The van der Waals surface area contributed by atoms with Crippen LogP contribution in [0.1, 0.15) is 24.1 Å². The molecule has 2 fully saturated rings. The Kier molecular flexibility index (Phi) is 4.55. The quantitative estimate of drug-likeness (QED) is 0.628. The first kappa shape index (κ1) is 14.3. The molecule has 0 unspecified atom stereocenters. The van der Waals surface area contributed by atoms with Crippen LogP contribution in [0.25, 0.3) is 6.08 Å². The van der Waals surface area contributed by atoms with E-state index in [1.54, 1.807) is 16.2 Å². The van der Waals surface area contributed by atoms with Crippen LogP contribution in [0.4, 0.5) is 0 Å².